The van der Waals surface area contributed by atoms with E-state index in [0.717, 1.165) is 70.6 Å². The molecule has 0 saturated carbocycles. The topological polar surface area (TPSA) is 78.9 Å². The van der Waals surface area contributed by atoms with Crippen molar-refractivity contribution >= 4 is 17.9 Å². The van der Waals surface area contributed by atoms with Crippen molar-refractivity contribution in [3.8, 4) is 0 Å². The lowest BCUT2D eigenvalue weighted by molar-refractivity contribution is -0.166. The van der Waals surface area contributed by atoms with Gasteiger partial charge in [0.05, 0.1) is 0 Å². The third-order valence-corrected chi connectivity index (χ3v) is 11.5. The Morgan fingerprint density at radius 2 is 0.551 bits per heavy atom. The van der Waals surface area contributed by atoms with Gasteiger partial charge in [-0.05, 0) is 96.3 Å². The van der Waals surface area contributed by atoms with E-state index in [9.17, 15) is 14.4 Å². The molecular formula is C63H102O6. The Bertz CT molecular complexity index is 1470. The average molecular weight is 956 g/mol. The minimum absolute atomic E-state index is 0.132. The molecule has 0 radical (unpaired) electrons. The maximum absolute atomic E-state index is 12.8. The Balaban J connectivity index is 4.62. The minimum atomic E-state index is -0.849. The molecule has 0 heterocycles. The quantitative estimate of drug-likeness (QED) is 0.0262. The smallest absolute Gasteiger partial charge is 0.306 e. The summed E-state index contributed by atoms with van der Waals surface area (Å²) < 4.78 is 16.7. The normalized spacial score (nSPS) is 13.0. The van der Waals surface area contributed by atoms with Crippen LogP contribution in [-0.4, -0.2) is 37.2 Å². The molecular weight excluding hydrogens is 853 g/mol. The summed E-state index contributed by atoms with van der Waals surface area (Å²) >= 11 is 0. The van der Waals surface area contributed by atoms with Gasteiger partial charge in [0, 0.05) is 19.3 Å². The number of hydrogen-bond donors (Lipinski definition) is 0. The molecule has 0 spiro atoms. The Hall–Kier alpha value is -4.19. The van der Waals surface area contributed by atoms with Gasteiger partial charge >= 0.3 is 17.9 Å². The SMILES string of the molecule is CCCCC/C=C\C/C=C\C/C=C\C/C=C\C/C=C\CCC(=O)OC[C@H](COC(=O)CCCCCCCCCCCCCCC)OC(=O)CC/C=C\C/C=C\C/C=C\C/C=C\C/C=C\CCCCC. The first-order valence-electron chi connectivity index (χ1n) is 28.0. The van der Waals surface area contributed by atoms with Crippen LogP contribution in [0.3, 0.4) is 0 Å². The van der Waals surface area contributed by atoms with Crippen molar-refractivity contribution in [2.24, 2.45) is 0 Å². The van der Waals surface area contributed by atoms with E-state index in [-0.39, 0.29) is 38.0 Å². The summed E-state index contributed by atoms with van der Waals surface area (Å²) in [5, 5.41) is 0. The van der Waals surface area contributed by atoms with Crippen molar-refractivity contribution in [3.63, 3.8) is 0 Å². The van der Waals surface area contributed by atoms with Crippen LogP contribution in [0.4, 0.5) is 0 Å². The molecule has 0 aliphatic rings. The Labute approximate surface area is 424 Å². The third kappa shape index (κ3) is 54.6. The predicted octanol–water partition coefficient (Wildman–Crippen LogP) is 18.9. The van der Waals surface area contributed by atoms with E-state index in [1.807, 2.05) is 24.3 Å². The van der Waals surface area contributed by atoms with Crippen molar-refractivity contribution in [2.45, 2.75) is 245 Å². The highest BCUT2D eigenvalue weighted by Gasteiger charge is 2.19. The molecule has 0 rings (SSSR count). The molecule has 6 nitrogen and oxygen atoms in total. The monoisotopic (exact) mass is 955 g/mol. The second kappa shape index (κ2) is 56.4. The molecule has 0 aliphatic heterocycles. The first-order valence-corrected chi connectivity index (χ1v) is 28.0. The zero-order chi connectivity index (χ0) is 50.0. The molecule has 0 bridgehead atoms. The fourth-order valence-electron chi connectivity index (χ4n) is 7.23. The molecule has 0 aliphatic carbocycles. The van der Waals surface area contributed by atoms with E-state index in [0.29, 0.717) is 19.3 Å². The Kier molecular flexibility index (Phi) is 53.0. The molecule has 0 unspecified atom stereocenters. The van der Waals surface area contributed by atoms with Crippen molar-refractivity contribution in [1.29, 1.82) is 0 Å². The summed E-state index contributed by atoms with van der Waals surface area (Å²) in [5.41, 5.74) is 0. The van der Waals surface area contributed by atoms with E-state index in [4.69, 9.17) is 14.2 Å². The Morgan fingerprint density at radius 1 is 0.290 bits per heavy atom. The fourth-order valence-corrected chi connectivity index (χ4v) is 7.23. The molecule has 0 saturated heterocycles. The van der Waals surface area contributed by atoms with E-state index in [1.165, 1.54) is 116 Å². The zero-order valence-electron chi connectivity index (χ0n) is 44.5. The van der Waals surface area contributed by atoms with Crippen molar-refractivity contribution < 1.29 is 28.6 Å². The number of rotatable bonds is 49. The summed E-state index contributed by atoms with van der Waals surface area (Å²) in [6.45, 7) is 6.45. The summed E-state index contributed by atoms with van der Waals surface area (Å²) in [6.07, 6.45) is 77.8. The standard InChI is InChI=1S/C63H102O6/c1-4-7-10-13-16-19-22-25-27-29-31-33-35-38-41-44-47-50-53-56-62(65)68-59-60(58-67-61(64)55-52-49-46-43-40-37-24-21-18-15-12-9-6-3)69-63(66)57-54-51-48-45-42-39-36-34-32-30-28-26-23-20-17-14-11-8-5-2/h16-17,19-20,25-28,31-34,38-39,41-42,47-48,50-51,60H,4-15,18,21-24,29-30,35-37,40,43-46,49,52-59H2,1-3H3/b19-16-,20-17-,27-25-,28-26-,33-31-,34-32-,41-38-,42-39-,50-47-,51-48-/t60-/m0/s1. The largest absolute Gasteiger partial charge is 0.462 e. The van der Waals surface area contributed by atoms with Crippen molar-refractivity contribution in [2.75, 3.05) is 13.2 Å². The lowest BCUT2D eigenvalue weighted by Crippen LogP contribution is -2.30. The van der Waals surface area contributed by atoms with Crippen LogP contribution in [0.1, 0.15) is 239 Å². The number of esters is 3. The lowest BCUT2D eigenvalue weighted by atomic mass is 10.0. The predicted molar refractivity (Wildman–Crippen MR) is 297 cm³/mol. The zero-order valence-corrected chi connectivity index (χ0v) is 44.5. The number of ether oxygens (including phenoxy) is 3. The van der Waals surface area contributed by atoms with Gasteiger partial charge in [-0.3, -0.25) is 14.4 Å². The molecule has 0 aromatic heterocycles. The second-order valence-electron chi connectivity index (χ2n) is 18.1. The van der Waals surface area contributed by atoms with Gasteiger partial charge in [0.2, 0.25) is 0 Å². The van der Waals surface area contributed by atoms with E-state index in [1.54, 1.807) is 0 Å². The maximum Gasteiger partial charge on any atom is 0.306 e. The van der Waals surface area contributed by atoms with Crippen LogP contribution in [0.5, 0.6) is 0 Å². The molecule has 0 aromatic rings. The average Bonchev–Trinajstić information content (AvgIpc) is 3.35. The summed E-state index contributed by atoms with van der Waals surface area (Å²) in [7, 11) is 0. The van der Waals surface area contributed by atoms with Gasteiger partial charge in [0.25, 0.3) is 0 Å². The highest BCUT2D eigenvalue weighted by molar-refractivity contribution is 5.71. The molecule has 0 amide bonds. The highest BCUT2D eigenvalue weighted by atomic mass is 16.6. The van der Waals surface area contributed by atoms with Gasteiger partial charge in [-0.25, -0.2) is 0 Å². The summed E-state index contributed by atoms with van der Waals surface area (Å²) in [6, 6.07) is 0. The highest BCUT2D eigenvalue weighted by Crippen LogP contribution is 2.14. The first kappa shape index (κ1) is 64.8. The number of allylic oxidation sites excluding steroid dienone is 20. The number of hydrogen-bond acceptors (Lipinski definition) is 6. The summed E-state index contributed by atoms with van der Waals surface area (Å²) in [5.74, 6) is -1.10. The van der Waals surface area contributed by atoms with Crippen LogP contribution in [0.25, 0.3) is 0 Å². The summed E-state index contributed by atoms with van der Waals surface area (Å²) in [4.78, 5) is 38.0. The second-order valence-corrected chi connectivity index (χ2v) is 18.1. The van der Waals surface area contributed by atoms with Crippen LogP contribution in [0.2, 0.25) is 0 Å². The van der Waals surface area contributed by atoms with Crippen LogP contribution < -0.4 is 0 Å². The molecule has 69 heavy (non-hydrogen) atoms. The fraction of sp³-hybridized carbons (Fsp3) is 0.635. The molecule has 6 heteroatoms. The molecule has 1 atom stereocenters. The van der Waals surface area contributed by atoms with Gasteiger partial charge in [-0.2, -0.15) is 0 Å². The number of carbonyl (C=O) groups excluding carboxylic acids is 3. The minimum Gasteiger partial charge on any atom is -0.462 e. The maximum atomic E-state index is 12.8. The van der Waals surface area contributed by atoms with Crippen molar-refractivity contribution in [3.05, 3.63) is 122 Å². The van der Waals surface area contributed by atoms with Crippen molar-refractivity contribution in [1.82, 2.24) is 0 Å². The first-order chi connectivity index (χ1) is 34.0. The number of carbonyl (C=O) groups is 3. The lowest BCUT2D eigenvalue weighted by Gasteiger charge is -2.18. The van der Waals surface area contributed by atoms with Gasteiger partial charge in [0.15, 0.2) is 6.10 Å². The van der Waals surface area contributed by atoms with Gasteiger partial charge in [-0.1, -0.05) is 245 Å². The molecule has 0 N–H and O–H groups in total. The van der Waals surface area contributed by atoms with Gasteiger partial charge < -0.3 is 14.2 Å². The molecule has 0 fully saturated rings. The van der Waals surface area contributed by atoms with Gasteiger partial charge in [-0.15, -0.1) is 0 Å². The molecule has 0 aromatic carbocycles. The van der Waals surface area contributed by atoms with Gasteiger partial charge in [0.1, 0.15) is 13.2 Å². The van der Waals surface area contributed by atoms with Crippen LogP contribution >= 0.6 is 0 Å². The number of unbranched alkanes of at least 4 members (excludes halogenated alkanes) is 18. The van der Waals surface area contributed by atoms with Crippen LogP contribution in [0.15, 0.2) is 122 Å². The Morgan fingerprint density at radius 3 is 0.899 bits per heavy atom. The third-order valence-electron chi connectivity index (χ3n) is 11.5. The van der Waals surface area contributed by atoms with E-state index < -0.39 is 12.1 Å². The van der Waals surface area contributed by atoms with E-state index in [2.05, 4.69) is 118 Å². The molecule has 390 valence electrons. The van der Waals surface area contributed by atoms with Crippen LogP contribution in [-0.2, 0) is 28.6 Å². The van der Waals surface area contributed by atoms with Crippen LogP contribution in [0, 0.1) is 0 Å². The van der Waals surface area contributed by atoms with E-state index >= 15 is 0 Å².